The van der Waals surface area contributed by atoms with Crippen molar-refractivity contribution in [2.24, 2.45) is 0 Å². The first kappa shape index (κ1) is 14.9. The number of likely N-dealkylation sites (tertiary alicyclic amines) is 1. The topological polar surface area (TPSA) is 77.8 Å². The van der Waals surface area contributed by atoms with Crippen LogP contribution in [0.15, 0.2) is 0 Å². The zero-order valence-electron chi connectivity index (χ0n) is 9.81. The van der Waals surface area contributed by atoms with Crippen molar-refractivity contribution >= 4 is 11.9 Å². The molecule has 0 aromatic carbocycles. The third-order valence-electron chi connectivity index (χ3n) is 2.46. The molecule has 16 heavy (non-hydrogen) atoms. The summed E-state index contributed by atoms with van der Waals surface area (Å²) in [5, 5.41) is 14.8. The van der Waals surface area contributed by atoms with Gasteiger partial charge in [0, 0.05) is 0 Å². The Kier molecular flexibility index (Phi) is 8.52. The summed E-state index contributed by atoms with van der Waals surface area (Å²) in [5.74, 6) is -3.65. The molecule has 1 fully saturated rings. The number of aliphatic carboxylic acids is 2. The summed E-state index contributed by atoms with van der Waals surface area (Å²) in [6, 6.07) is 0. The summed E-state index contributed by atoms with van der Waals surface area (Å²) in [5.41, 5.74) is 0. The largest absolute Gasteiger partial charge is 0.473 e. The van der Waals surface area contributed by atoms with Crippen LogP contribution in [0.1, 0.15) is 39.0 Å². The van der Waals surface area contributed by atoms with Crippen LogP contribution in [0.5, 0.6) is 0 Å². The second kappa shape index (κ2) is 9.15. The van der Waals surface area contributed by atoms with Gasteiger partial charge in [-0.1, -0.05) is 19.8 Å². The van der Waals surface area contributed by atoms with E-state index in [1.807, 2.05) is 0 Å². The van der Waals surface area contributed by atoms with Crippen molar-refractivity contribution in [3.63, 3.8) is 0 Å². The highest BCUT2D eigenvalue weighted by Crippen LogP contribution is 2.08. The van der Waals surface area contributed by atoms with Crippen LogP contribution in [-0.2, 0) is 9.59 Å². The third kappa shape index (κ3) is 8.23. The molecule has 1 heterocycles. The molecule has 0 unspecified atom stereocenters. The standard InChI is InChI=1S/C9H19N.C2H2O4/c1-2-3-7-10-8-5-4-6-9-10;3-1(4)2(5)6/h2-9H2,1H3;(H,3,4)(H,5,6). The molecule has 94 valence electrons. The summed E-state index contributed by atoms with van der Waals surface area (Å²) in [6.45, 7) is 6.33. The smallest absolute Gasteiger partial charge is 0.414 e. The Morgan fingerprint density at radius 1 is 1.06 bits per heavy atom. The fraction of sp³-hybridized carbons (Fsp3) is 0.818. The number of carboxylic acid groups (broad SMARTS) is 2. The van der Waals surface area contributed by atoms with Crippen LogP contribution >= 0.6 is 0 Å². The number of unbranched alkanes of at least 4 members (excludes halogenated alkanes) is 1. The van der Waals surface area contributed by atoms with Gasteiger partial charge in [-0.3, -0.25) is 0 Å². The monoisotopic (exact) mass is 231 g/mol. The fourth-order valence-electron chi connectivity index (χ4n) is 1.56. The van der Waals surface area contributed by atoms with Gasteiger partial charge in [-0.05, 0) is 38.9 Å². The van der Waals surface area contributed by atoms with E-state index in [0.717, 1.165) is 0 Å². The lowest BCUT2D eigenvalue weighted by Crippen LogP contribution is -2.30. The number of nitrogens with zero attached hydrogens (tertiary/aromatic N) is 1. The Balaban J connectivity index is 0.000000325. The van der Waals surface area contributed by atoms with Gasteiger partial charge in [0.25, 0.3) is 0 Å². The minimum atomic E-state index is -1.82. The normalized spacial score (nSPS) is 16.1. The molecule has 2 N–H and O–H groups in total. The minimum absolute atomic E-state index is 1.34. The van der Waals surface area contributed by atoms with Gasteiger partial charge in [-0.15, -0.1) is 0 Å². The Bertz CT molecular complexity index is 200. The molecule has 0 aromatic heterocycles. The van der Waals surface area contributed by atoms with Crippen molar-refractivity contribution in [1.82, 2.24) is 4.90 Å². The van der Waals surface area contributed by atoms with E-state index in [1.54, 1.807) is 0 Å². The lowest BCUT2D eigenvalue weighted by atomic mass is 10.1. The molecule has 0 aliphatic carbocycles. The molecular formula is C11H21NO4. The van der Waals surface area contributed by atoms with E-state index in [0.29, 0.717) is 0 Å². The Morgan fingerprint density at radius 2 is 1.56 bits per heavy atom. The van der Waals surface area contributed by atoms with Crippen molar-refractivity contribution in [2.75, 3.05) is 19.6 Å². The van der Waals surface area contributed by atoms with Gasteiger partial charge < -0.3 is 15.1 Å². The number of carbonyl (C=O) groups is 2. The number of hydrogen-bond donors (Lipinski definition) is 2. The SMILES string of the molecule is CCCCN1CCCCC1.O=C(O)C(=O)O. The van der Waals surface area contributed by atoms with Crippen LogP contribution in [0.2, 0.25) is 0 Å². The van der Waals surface area contributed by atoms with Crippen molar-refractivity contribution in [3.05, 3.63) is 0 Å². The van der Waals surface area contributed by atoms with Crippen molar-refractivity contribution in [1.29, 1.82) is 0 Å². The molecule has 0 amide bonds. The molecule has 5 heteroatoms. The van der Waals surface area contributed by atoms with Gasteiger partial charge in [-0.2, -0.15) is 0 Å². The molecule has 1 aliphatic heterocycles. The van der Waals surface area contributed by atoms with Crippen LogP contribution in [-0.4, -0.2) is 46.7 Å². The minimum Gasteiger partial charge on any atom is -0.473 e. The van der Waals surface area contributed by atoms with Crippen molar-refractivity contribution in [2.45, 2.75) is 39.0 Å². The Hall–Kier alpha value is -1.10. The van der Waals surface area contributed by atoms with Crippen LogP contribution in [0.4, 0.5) is 0 Å². The molecule has 0 atom stereocenters. The van der Waals surface area contributed by atoms with Crippen molar-refractivity contribution in [3.8, 4) is 0 Å². The molecule has 0 radical (unpaired) electrons. The predicted octanol–water partition coefficient (Wildman–Crippen LogP) is 1.43. The van der Waals surface area contributed by atoms with E-state index >= 15 is 0 Å². The van der Waals surface area contributed by atoms with E-state index in [9.17, 15) is 0 Å². The van der Waals surface area contributed by atoms with Gasteiger partial charge in [0.2, 0.25) is 0 Å². The highest BCUT2D eigenvalue weighted by atomic mass is 16.4. The maximum absolute atomic E-state index is 9.10. The van der Waals surface area contributed by atoms with Crippen LogP contribution in [0, 0.1) is 0 Å². The molecule has 1 rings (SSSR count). The second-order valence-corrected chi connectivity index (χ2v) is 3.87. The van der Waals surface area contributed by atoms with E-state index in [1.165, 1.54) is 51.7 Å². The fourth-order valence-corrected chi connectivity index (χ4v) is 1.56. The van der Waals surface area contributed by atoms with Crippen LogP contribution in [0.3, 0.4) is 0 Å². The molecule has 1 saturated heterocycles. The Labute approximate surface area is 96.1 Å². The van der Waals surface area contributed by atoms with E-state index in [-0.39, 0.29) is 0 Å². The summed E-state index contributed by atoms with van der Waals surface area (Å²) in [7, 11) is 0. The van der Waals surface area contributed by atoms with Gasteiger partial charge in [0.15, 0.2) is 0 Å². The number of hydrogen-bond acceptors (Lipinski definition) is 3. The first-order valence-corrected chi connectivity index (χ1v) is 5.76. The summed E-state index contributed by atoms with van der Waals surface area (Å²) >= 11 is 0. The molecule has 0 bridgehead atoms. The maximum Gasteiger partial charge on any atom is 0.414 e. The first-order valence-electron chi connectivity index (χ1n) is 5.76. The average molecular weight is 231 g/mol. The quantitative estimate of drug-likeness (QED) is 0.718. The summed E-state index contributed by atoms with van der Waals surface area (Å²) in [6.07, 6.45) is 7.06. The van der Waals surface area contributed by atoms with Gasteiger partial charge in [0.05, 0.1) is 0 Å². The van der Waals surface area contributed by atoms with Crippen LogP contribution < -0.4 is 0 Å². The molecule has 0 spiro atoms. The van der Waals surface area contributed by atoms with Crippen LogP contribution in [0.25, 0.3) is 0 Å². The lowest BCUT2D eigenvalue weighted by Gasteiger charge is -2.25. The predicted molar refractivity (Wildman–Crippen MR) is 60.5 cm³/mol. The first-order chi connectivity index (χ1) is 7.57. The van der Waals surface area contributed by atoms with Crippen molar-refractivity contribution < 1.29 is 19.8 Å². The molecule has 1 aliphatic rings. The number of carboxylic acids is 2. The van der Waals surface area contributed by atoms with E-state index in [2.05, 4.69) is 11.8 Å². The summed E-state index contributed by atoms with van der Waals surface area (Å²) in [4.78, 5) is 20.8. The summed E-state index contributed by atoms with van der Waals surface area (Å²) < 4.78 is 0. The molecule has 0 aromatic rings. The van der Waals surface area contributed by atoms with E-state index < -0.39 is 11.9 Å². The number of piperidine rings is 1. The highest BCUT2D eigenvalue weighted by Gasteiger charge is 2.07. The number of rotatable bonds is 3. The highest BCUT2D eigenvalue weighted by molar-refractivity contribution is 6.27. The zero-order valence-corrected chi connectivity index (χ0v) is 9.81. The lowest BCUT2D eigenvalue weighted by molar-refractivity contribution is -0.159. The molecule has 5 nitrogen and oxygen atoms in total. The van der Waals surface area contributed by atoms with E-state index in [4.69, 9.17) is 19.8 Å². The average Bonchev–Trinajstić information content (AvgIpc) is 2.28. The maximum atomic E-state index is 9.10. The molecule has 0 saturated carbocycles. The Morgan fingerprint density at radius 3 is 1.94 bits per heavy atom. The molecular weight excluding hydrogens is 210 g/mol. The van der Waals surface area contributed by atoms with Gasteiger partial charge in [0.1, 0.15) is 0 Å². The zero-order chi connectivity index (χ0) is 12.4. The third-order valence-corrected chi connectivity index (χ3v) is 2.46. The van der Waals surface area contributed by atoms with Gasteiger partial charge >= 0.3 is 11.9 Å². The second-order valence-electron chi connectivity index (χ2n) is 3.87. The van der Waals surface area contributed by atoms with Gasteiger partial charge in [-0.25, -0.2) is 9.59 Å².